The minimum atomic E-state index is -0.938. The highest BCUT2D eigenvalue weighted by Crippen LogP contribution is 2.08. The van der Waals surface area contributed by atoms with Crippen molar-refractivity contribution >= 4 is 11.7 Å². The molecule has 94 valence electrons. The molecule has 1 amide bonds. The monoisotopic (exact) mass is 238 g/mol. The van der Waals surface area contributed by atoms with Crippen LogP contribution in [0, 0.1) is 0 Å². The number of carbonyl (C=O) groups is 1. The molecule has 0 radical (unpaired) electrons. The van der Waals surface area contributed by atoms with Crippen LogP contribution in [0.3, 0.4) is 0 Å². The highest BCUT2D eigenvalue weighted by Gasteiger charge is 2.23. The van der Waals surface area contributed by atoms with Gasteiger partial charge >= 0.3 is 0 Å². The van der Waals surface area contributed by atoms with E-state index in [4.69, 9.17) is 5.73 Å². The number of aliphatic hydroxyl groups is 1. The topological polar surface area (TPSA) is 92.3 Å². The highest BCUT2D eigenvalue weighted by molar-refractivity contribution is 5.92. The molecule has 6 nitrogen and oxygen atoms in total. The van der Waals surface area contributed by atoms with Gasteiger partial charge in [-0.15, -0.1) is 10.2 Å². The third-order valence-corrected chi connectivity index (χ3v) is 2.15. The number of amides is 1. The van der Waals surface area contributed by atoms with Crippen LogP contribution in [-0.2, 0) is 0 Å². The van der Waals surface area contributed by atoms with Crippen LogP contribution in [0.1, 0.15) is 31.3 Å². The number of aromatic nitrogens is 2. The normalized spacial score (nSPS) is 11.3. The molecule has 1 aromatic rings. The van der Waals surface area contributed by atoms with Crippen molar-refractivity contribution in [2.45, 2.75) is 26.4 Å². The van der Waals surface area contributed by atoms with Crippen molar-refractivity contribution in [3.63, 3.8) is 0 Å². The lowest BCUT2D eigenvalue weighted by atomic mass is 10.1. The largest absolute Gasteiger partial charge is 0.389 e. The van der Waals surface area contributed by atoms with Gasteiger partial charge in [-0.1, -0.05) is 0 Å². The number of hydrogen-bond donors (Lipinski definition) is 2. The maximum Gasteiger partial charge on any atom is 0.274 e. The van der Waals surface area contributed by atoms with E-state index in [1.807, 2.05) is 6.92 Å². The summed E-state index contributed by atoms with van der Waals surface area (Å²) in [6, 6.07) is 3.05. The van der Waals surface area contributed by atoms with Crippen LogP contribution >= 0.6 is 0 Å². The second kappa shape index (κ2) is 5.09. The van der Waals surface area contributed by atoms with Crippen molar-refractivity contribution in [2.75, 3.05) is 18.8 Å². The molecule has 0 aliphatic heterocycles. The number of carbonyl (C=O) groups excluding carboxylic acids is 1. The van der Waals surface area contributed by atoms with E-state index in [1.54, 1.807) is 13.8 Å². The second-order valence-electron chi connectivity index (χ2n) is 4.48. The Labute approximate surface area is 100 Å². The molecule has 0 aliphatic carbocycles. The van der Waals surface area contributed by atoms with Crippen molar-refractivity contribution in [1.29, 1.82) is 0 Å². The van der Waals surface area contributed by atoms with Crippen molar-refractivity contribution in [1.82, 2.24) is 15.1 Å². The predicted molar refractivity (Wildman–Crippen MR) is 64.3 cm³/mol. The molecule has 1 heterocycles. The maximum absolute atomic E-state index is 12.0. The first kappa shape index (κ1) is 13.4. The molecule has 1 aromatic heterocycles. The third-order valence-electron chi connectivity index (χ3n) is 2.15. The minimum Gasteiger partial charge on any atom is -0.389 e. The first-order valence-electron chi connectivity index (χ1n) is 5.44. The van der Waals surface area contributed by atoms with E-state index in [-0.39, 0.29) is 24.0 Å². The summed E-state index contributed by atoms with van der Waals surface area (Å²) >= 11 is 0. The van der Waals surface area contributed by atoms with Crippen LogP contribution < -0.4 is 5.73 Å². The summed E-state index contributed by atoms with van der Waals surface area (Å²) < 4.78 is 0. The zero-order valence-electron chi connectivity index (χ0n) is 10.3. The standard InChI is InChI=1S/C11H18N4O2/c1-4-15(7-11(2,3)17)10(16)8-5-6-9(12)14-13-8/h5-6,17H,4,7H2,1-3H3,(H2,12,14). The molecule has 6 heteroatoms. The predicted octanol–water partition coefficient (Wildman–Crippen LogP) is 0.292. The minimum absolute atomic E-state index is 0.227. The highest BCUT2D eigenvalue weighted by atomic mass is 16.3. The summed E-state index contributed by atoms with van der Waals surface area (Å²) in [6.45, 7) is 5.88. The van der Waals surface area contributed by atoms with Crippen LogP contribution in [0.25, 0.3) is 0 Å². The van der Waals surface area contributed by atoms with Crippen molar-refractivity contribution in [3.05, 3.63) is 17.8 Å². The van der Waals surface area contributed by atoms with E-state index in [1.165, 1.54) is 17.0 Å². The van der Waals surface area contributed by atoms with Gasteiger partial charge in [0.15, 0.2) is 5.69 Å². The first-order valence-corrected chi connectivity index (χ1v) is 5.44. The lowest BCUT2D eigenvalue weighted by Gasteiger charge is -2.27. The smallest absolute Gasteiger partial charge is 0.274 e. The molecule has 0 saturated heterocycles. The van der Waals surface area contributed by atoms with Gasteiger partial charge in [-0.3, -0.25) is 4.79 Å². The molecule has 0 unspecified atom stereocenters. The SMILES string of the molecule is CCN(CC(C)(C)O)C(=O)c1ccc(N)nn1. The molecule has 0 bridgehead atoms. The number of hydrogen-bond acceptors (Lipinski definition) is 5. The van der Waals surface area contributed by atoms with Crippen LogP contribution in [0.2, 0.25) is 0 Å². The fourth-order valence-electron chi connectivity index (χ4n) is 1.41. The molecule has 0 aliphatic rings. The summed E-state index contributed by atoms with van der Waals surface area (Å²) in [5, 5.41) is 17.1. The Morgan fingerprint density at radius 3 is 2.53 bits per heavy atom. The van der Waals surface area contributed by atoms with Crippen molar-refractivity contribution in [2.24, 2.45) is 0 Å². The number of nitrogens with two attached hydrogens (primary N) is 1. The van der Waals surface area contributed by atoms with Gasteiger partial charge in [-0.2, -0.15) is 0 Å². The van der Waals surface area contributed by atoms with E-state index in [9.17, 15) is 9.90 Å². The number of likely N-dealkylation sites (N-methyl/N-ethyl adjacent to an activating group) is 1. The van der Waals surface area contributed by atoms with Crippen LogP contribution in [0.15, 0.2) is 12.1 Å². The van der Waals surface area contributed by atoms with E-state index in [0.717, 1.165) is 0 Å². The number of rotatable bonds is 4. The zero-order valence-corrected chi connectivity index (χ0v) is 10.3. The van der Waals surface area contributed by atoms with Gasteiger partial charge < -0.3 is 15.7 Å². The fraction of sp³-hybridized carbons (Fsp3) is 0.545. The first-order chi connectivity index (χ1) is 7.83. The van der Waals surface area contributed by atoms with Gasteiger partial charge in [0, 0.05) is 13.1 Å². The average molecular weight is 238 g/mol. The molecule has 3 N–H and O–H groups in total. The van der Waals surface area contributed by atoms with Gasteiger partial charge in [0.2, 0.25) is 0 Å². The van der Waals surface area contributed by atoms with Gasteiger partial charge in [0.1, 0.15) is 5.82 Å². The van der Waals surface area contributed by atoms with E-state index >= 15 is 0 Å². The Morgan fingerprint density at radius 1 is 1.47 bits per heavy atom. The molecular weight excluding hydrogens is 220 g/mol. The number of nitrogens with zero attached hydrogens (tertiary/aromatic N) is 3. The summed E-state index contributed by atoms with van der Waals surface area (Å²) in [6.07, 6.45) is 0. The van der Waals surface area contributed by atoms with E-state index < -0.39 is 5.60 Å². The maximum atomic E-state index is 12.0. The zero-order chi connectivity index (χ0) is 13.1. The molecular formula is C11H18N4O2. The Balaban J connectivity index is 2.83. The Kier molecular flexibility index (Phi) is 4.01. The lowest BCUT2D eigenvalue weighted by molar-refractivity contribution is 0.0311. The van der Waals surface area contributed by atoms with Crippen LogP contribution in [0.5, 0.6) is 0 Å². The van der Waals surface area contributed by atoms with E-state index in [2.05, 4.69) is 10.2 Å². The lowest BCUT2D eigenvalue weighted by Crippen LogP contribution is -2.42. The summed E-state index contributed by atoms with van der Waals surface area (Å²) in [4.78, 5) is 13.6. The third kappa shape index (κ3) is 3.99. The Hall–Kier alpha value is -1.69. The molecule has 0 atom stereocenters. The molecule has 17 heavy (non-hydrogen) atoms. The summed E-state index contributed by atoms with van der Waals surface area (Å²) in [7, 11) is 0. The van der Waals surface area contributed by atoms with Gasteiger partial charge in [-0.05, 0) is 32.9 Å². The molecule has 1 rings (SSSR count). The number of nitrogen functional groups attached to an aromatic ring is 1. The van der Waals surface area contributed by atoms with E-state index in [0.29, 0.717) is 6.54 Å². The summed E-state index contributed by atoms with van der Waals surface area (Å²) in [5.74, 6) is 0.00853. The summed E-state index contributed by atoms with van der Waals surface area (Å²) in [5.41, 5.74) is 4.69. The molecule has 0 spiro atoms. The number of anilines is 1. The fourth-order valence-corrected chi connectivity index (χ4v) is 1.41. The molecule has 0 aromatic carbocycles. The molecule has 0 saturated carbocycles. The van der Waals surface area contributed by atoms with Gasteiger partial charge in [0.25, 0.3) is 5.91 Å². The van der Waals surface area contributed by atoms with Crippen molar-refractivity contribution in [3.8, 4) is 0 Å². The van der Waals surface area contributed by atoms with Gasteiger partial charge in [0.05, 0.1) is 5.60 Å². The Morgan fingerprint density at radius 2 is 2.12 bits per heavy atom. The van der Waals surface area contributed by atoms with Crippen LogP contribution in [0.4, 0.5) is 5.82 Å². The van der Waals surface area contributed by atoms with Crippen molar-refractivity contribution < 1.29 is 9.90 Å². The average Bonchev–Trinajstić information content (AvgIpc) is 2.25. The van der Waals surface area contributed by atoms with Gasteiger partial charge in [-0.25, -0.2) is 0 Å². The Bertz CT molecular complexity index is 383. The second-order valence-corrected chi connectivity index (χ2v) is 4.48. The quantitative estimate of drug-likeness (QED) is 0.786. The molecule has 0 fully saturated rings. The van der Waals surface area contributed by atoms with Crippen LogP contribution in [-0.4, -0.2) is 44.8 Å².